The normalized spacial score (nSPS) is 11.1. The van der Waals surface area contributed by atoms with Gasteiger partial charge < -0.3 is 10.2 Å². The van der Waals surface area contributed by atoms with E-state index in [1.807, 2.05) is 7.05 Å². The van der Waals surface area contributed by atoms with Gasteiger partial charge in [0.05, 0.1) is 10.7 Å². The number of rotatable bonds is 6. The fourth-order valence-corrected chi connectivity index (χ4v) is 1.76. The van der Waals surface area contributed by atoms with Crippen LogP contribution in [0, 0.1) is 0 Å². The summed E-state index contributed by atoms with van der Waals surface area (Å²) >= 11 is 11.9. The molecule has 0 aliphatic carbocycles. The molecule has 1 rings (SSSR count). The van der Waals surface area contributed by atoms with Gasteiger partial charge in [0, 0.05) is 6.54 Å². The molecule has 16 heavy (non-hydrogen) atoms. The first-order valence-electron chi connectivity index (χ1n) is 5.27. The lowest BCUT2D eigenvalue weighted by molar-refractivity contribution is 0.317. The molecule has 0 saturated carbocycles. The molecule has 0 radical (unpaired) electrons. The van der Waals surface area contributed by atoms with Crippen molar-refractivity contribution in [3.05, 3.63) is 28.0 Å². The van der Waals surface area contributed by atoms with Crippen molar-refractivity contribution in [3.63, 3.8) is 0 Å². The summed E-state index contributed by atoms with van der Waals surface area (Å²) in [7, 11) is 4.00. The van der Waals surface area contributed by atoms with E-state index in [1.165, 1.54) is 0 Å². The molecule has 1 aromatic heterocycles. The number of aromatic nitrogens is 1. The molecule has 0 bridgehead atoms. The standard InChI is InChI=1S/C11H17Cl2N3/c1-14-6-3-7-16(2)8-10-9(12)4-5-11(13)15-10/h4-5,14H,3,6-8H2,1-2H3. The summed E-state index contributed by atoms with van der Waals surface area (Å²) in [6.45, 7) is 2.75. The number of hydrogen-bond donors (Lipinski definition) is 1. The van der Waals surface area contributed by atoms with Gasteiger partial charge in [0.2, 0.25) is 0 Å². The highest BCUT2D eigenvalue weighted by Gasteiger charge is 2.06. The van der Waals surface area contributed by atoms with Crippen molar-refractivity contribution < 1.29 is 0 Å². The summed E-state index contributed by atoms with van der Waals surface area (Å²) < 4.78 is 0. The third-order valence-corrected chi connectivity index (χ3v) is 2.83. The Morgan fingerprint density at radius 1 is 1.38 bits per heavy atom. The minimum atomic E-state index is 0.489. The largest absolute Gasteiger partial charge is 0.320 e. The average Bonchev–Trinajstić information content (AvgIpc) is 2.24. The van der Waals surface area contributed by atoms with Gasteiger partial charge >= 0.3 is 0 Å². The van der Waals surface area contributed by atoms with E-state index >= 15 is 0 Å². The summed E-state index contributed by atoms with van der Waals surface area (Å²) in [6.07, 6.45) is 1.10. The second-order valence-corrected chi connectivity index (χ2v) is 4.55. The van der Waals surface area contributed by atoms with Crippen molar-refractivity contribution in [1.29, 1.82) is 0 Å². The zero-order valence-electron chi connectivity index (χ0n) is 9.63. The SMILES string of the molecule is CNCCCN(C)Cc1nc(Cl)ccc1Cl. The van der Waals surface area contributed by atoms with Crippen molar-refractivity contribution >= 4 is 23.2 Å². The highest BCUT2D eigenvalue weighted by Crippen LogP contribution is 2.17. The Labute approximate surface area is 107 Å². The van der Waals surface area contributed by atoms with Crippen LogP contribution in [0.2, 0.25) is 10.2 Å². The summed E-state index contributed by atoms with van der Waals surface area (Å²) in [5.74, 6) is 0. The number of halogens is 2. The van der Waals surface area contributed by atoms with Gasteiger partial charge in [-0.25, -0.2) is 4.98 Å². The Hall–Kier alpha value is -0.350. The topological polar surface area (TPSA) is 28.2 Å². The van der Waals surface area contributed by atoms with Gasteiger partial charge in [0.25, 0.3) is 0 Å². The molecule has 0 aliphatic heterocycles. The van der Waals surface area contributed by atoms with Gasteiger partial charge in [-0.2, -0.15) is 0 Å². The zero-order chi connectivity index (χ0) is 12.0. The van der Waals surface area contributed by atoms with Crippen molar-refractivity contribution in [2.24, 2.45) is 0 Å². The van der Waals surface area contributed by atoms with Gasteiger partial charge in [-0.15, -0.1) is 0 Å². The Bertz CT molecular complexity index is 331. The predicted molar refractivity (Wildman–Crippen MR) is 69.1 cm³/mol. The molecule has 0 saturated heterocycles. The fourth-order valence-electron chi connectivity index (χ4n) is 1.43. The van der Waals surface area contributed by atoms with Crippen LogP contribution in [0.4, 0.5) is 0 Å². The van der Waals surface area contributed by atoms with E-state index in [1.54, 1.807) is 12.1 Å². The third kappa shape index (κ3) is 4.66. The quantitative estimate of drug-likeness (QED) is 0.630. The summed E-state index contributed by atoms with van der Waals surface area (Å²) in [4.78, 5) is 6.40. The second-order valence-electron chi connectivity index (χ2n) is 3.76. The molecular weight excluding hydrogens is 245 g/mol. The molecule has 1 aromatic rings. The Kier molecular flexibility index (Phi) is 6.06. The first kappa shape index (κ1) is 13.7. The monoisotopic (exact) mass is 261 g/mol. The number of hydrogen-bond acceptors (Lipinski definition) is 3. The lowest BCUT2D eigenvalue weighted by Gasteiger charge is -2.16. The van der Waals surface area contributed by atoms with Crippen LogP contribution in [-0.4, -0.2) is 37.1 Å². The van der Waals surface area contributed by atoms with E-state index in [4.69, 9.17) is 23.2 Å². The molecular formula is C11H17Cl2N3. The Morgan fingerprint density at radius 3 is 2.81 bits per heavy atom. The van der Waals surface area contributed by atoms with Crippen LogP contribution in [0.1, 0.15) is 12.1 Å². The van der Waals surface area contributed by atoms with E-state index in [2.05, 4.69) is 22.2 Å². The molecule has 1 heterocycles. The first-order valence-corrected chi connectivity index (χ1v) is 6.03. The van der Waals surface area contributed by atoms with Crippen LogP contribution >= 0.6 is 23.2 Å². The molecule has 90 valence electrons. The Morgan fingerprint density at radius 2 is 2.12 bits per heavy atom. The maximum absolute atomic E-state index is 6.04. The lowest BCUT2D eigenvalue weighted by Crippen LogP contribution is -2.23. The second kappa shape index (κ2) is 7.07. The van der Waals surface area contributed by atoms with Gasteiger partial charge in [0.1, 0.15) is 5.15 Å². The van der Waals surface area contributed by atoms with E-state index in [0.29, 0.717) is 10.2 Å². The molecule has 0 fully saturated rings. The minimum Gasteiger partial charge on any atom is -0.320 e. The van der Waals surface area contributed by atoms with Crippen molar-refractivity contribution in [2.75, 3.05) is 27.2 Å². The minimum absolute atomic E-state index is 0.489. The van der Waals surface area contributed by atoms with E-state index in [-0.39, 0.29) is 0 Å². The molecule has 5 heteroatoms. The maximum atomic E-state index is 6.04. The number of pyridine rings is 1. The van der Waals surface area contributed by atoms with E-state index in [0.717, 1.165) is 31.7 Å². The molecule has 0 atom stereocenters. The summed E-state index contributed by atoms with van der Waals surface area (Å²) in [5.41, 5.74) is 0.834. The smallest absolute Gasteiger partial charge is 0.129 e. The lowest BCUT2D eigenvalue weighted by atomic mass is 10.3. The molecule has 0 unspecified atom stereocenters. The van der Waals surface area contributed by atoms with E-state index in [9.17, 15) is 0 Å². The molecule has 0 aliphatic rings. The number of nitrogens with zero attached hydrogens (tertiary/aromatic N) is 2. The highest BCUT2D eigenvalue weighted by molar-refractivity contribution is 6.32. The van der Waals surface area contributed by atoms with Crippen LogP contribution in [0.3, 0.4) is 0 Å². The number of nitrogens with one attached hydrogen (secondary N) is 1. The molecule has 1 N–H and O–H groups in total. The molecule has 0 aromatic carbocycles. The van der Waals surface area contributed by atoms with Crippen molar-refractivity contribution in [3.8, 4) is 0 Å². The summed E-state index contributed by atoms with van der Waals surface area (Å²) in [5, 5.41) is 4.28. The van der Waals surface area contributed by atoms with E-state index < -0.39 is 0 Å². The van der Waals surface area contributed by atoms with Gasteiger partial charge in [0.15, 0.2) is 0 Å². The molecule has 3 nitrogen and oxygen atoms in total. The maximum Gasteiger partial charge on any atom is 0.129 e. The predicted octanol–water partition coefficient (Wildman–Crippen LogP) is 2.43. The average molecular weight is 262 g/mol. The molecule has 0 amide bonds. The van der Waals surface area contributed by atoms with Crippen molar-refractivity contribution in [1.82, 2.24) is 15.2 Å². The Balaban J connectivity index is 2.48. The van der Waals surface area contributed by atoms with Crippen LogP contribution in [-0.2, 0) is 6.54 Å². The molecule has 0 spiro atoms. The van der Waals surface area contributed by atoms with Crippen LogP contribution in [0.5, 0.6) is 0 Å². The fraction of sp³-hybridized carbons (Fsp3) is 0.545. The zero-order valence-corrected chi connectivity index (χ0v) is 11.1. The first-order chi connectivity index (χ1) is 7.63. The van der Waals surface area contributed by atoms with Crippen LogP contribution < -0.4 is 5.32 Å². The van der Waals surface area contributed by atoms with Gasteiger partial charge in [-0.3, -0.25) is 0 Å². The van der Waals surface area contributed by atoms with Crippen LogP contribution in [0.25, 0.3) is 0 Å². The van der Waals surface area contributed by atoms with Gasteiger partial charge in [-0.05, 0) is 45.7 Å². The third-order valence-electron chi connectivity index (χ3n) is 2.27. The van der Waals surface area contributed by atoms with Crippen LogP contribution in [0.15, 0.2) is 12.1 Å². The highest BCUT2D eigenvalue weighted by atomic mass is 35.5. The van der Waals surface area contributed by atoms with Gasteiger partial charge in [-0.1, -0.05) is 23.2 Å². The van der Waals surface area contributed by atoms with Crippen molar-refractivity contribution in [2.45, 2.75) is 13.0 Å². The summed E-state index contributed by atoms with van der Waals surface area (Å²) in [6, 6.07) is 3.49.